The maximum absolute atomic E-state index is 12.2. The van der Waals surface area contributed by atoms with Crippen LogP contribution in [0.25, 0.3) is 0 Å². The van der Waals surface area contributed by atoms with Crippen LogP contribution in [0.2, 0.25) is 0 Å². The van der Waals surface area contributed by atoms with E-state index in [0.717, 1.165) is 0 Å². The molecule has 2 N–H and O–H groups in total. The molecule has 5 nitrogen and oxygen atoms in total. The Morgan fingerprint density at radius 2 is 2.19 bits per heavy atom. The van der Waals surface area contributed by atoms with Gasteiger partial charge in [0, 0.05) is 6.54 Å². The van der Waals surface area contributed by atoms with E-state index in [9.17, 15) is 13.5 Å². The van der Waals surface area contributed by atoms with Crippen molar-refractivity contribution in [1.29, 1.82) is 0 Å². The molecular weight excluding hydrogens is 378 g/mol. The summed E-state index contributed by atoms with van der Waals surface area (Å²) in [6.07, 6.45) is -0.868. The van der Waals surface area contributed by atoms with Crippen molar-refractivity contribution in [3.63, 3.8) is 0 Å². The van der Waals surface area contributed by atoms with Crippen LogP contribution in [0.3, 0.4) is 0 Å². The molecule has 1 unspecified atom stereocenters. The molecule has 2 rings (SSSR count). The first-order valence-corrected chi connectivity index (χ1v) is 9.19. The first kappa shape index (κ1) is 16.4. The van der Waals surface area contributed by atoms with E-state index < -0.39 is 16.1 Å². The minimum Gasteiger partial charge on any atom is -0.496 e. The maximum Gasteiger partial charge on any atom is 0.240 e. The number of aliphatic hydroxyl groups is 1. The molecule has 0 bridgehead atoms. The van der Waals surface area contributed by atoms with E-state index in [-0.39, 0.29) is 11.4 Å². The Morgan fingerprint density at radius 1 is 1.43 bits per heavy atom. The zero-order valence-corrected chi connectivity index (χ0v) is 14.3. The highest BCUT2D eigenvalue weighted by Crippen LogP contribution is 2.27. The molecule has 0 aliphatic heterocycles. The smallest absolute Gasteiger partial charge is 0.240 e. The highest BCUT2D eigenvalue weighted by molar-refractivity contribution is 9.10. The number of hydrogen-bond donors (Lipinski definition) is 2. The van der Waals surface area contributed by atoms with Crippen LogP contribution in [0.5, 0.6) is 5.75 Å². The van der Waals surface area contributed by atoms with E-state index in [1.54, 1.807) is 17.5 Å². The summed E-state index contributed by atoms with van der Waals surface area (Å²) in [5.74, 6) is 0.548. The molecule has 0 spiro atoms. The SMILES string of the molecule is COc1ccc(S(=O)(=O)NCC(O)c2ccsc2)cc1Br. The van der Waals surface area contributed by atoms with Crippen LogP contribution in [0, 0.1) is 0 Å². The summed E-state index contributed by atoms with van der Waals surface area (Å²) in [5.41, 5.74) is 0.693. The summed E-state index contributed by atoms with van der Waals surface area (Å²) < 4.78 is 32.4. The number of nitrogens with one attached hydrogen (secondary N) is 1. The van der Waals surface area contributed by atoms with Gasteiger partial charge in [0.05, 0.1) is 22.6 Å². The van der Waals surface area contributed by atoms with Crippen molar-refractivity contribution in [1.82, 2.24) is 4.72 Å². The standard InChI is InChI=1S/C13H14BrNO4S2/c1-19-13-3-2-10(6-11(13)14)21(17,18)15-7-12(16)9-4-5-20-8-9/h2-6,8,12,15-16H,7H2,1H3. The van der Waals surface area contributed by atoms with Gasteiger partial charge in [-0.25, -0.2) is 13.1 Å². The Balaban J connectivity index is 2.10. The molecular formula is C13H14BrNO4S2. The summed E-state index contributed by atoms with van der Waals surface area (Å²) in [5, 5.41) is 13.5. The molecule has 0 radical (unpaired) electrons. The molecule has 21 heavy (non-hydrogen) atoms. The number of ether oxygens (including phenoxy) is 1. The van der Waals surface area contributed by atoms with E-state index in [1.165, 1.54) is 30.6 Å². The fourth-order valence-corrected chi connectivity index (χ4v) is 4.13. The summed E-state index contributed by atoms with van der Waals surface area (Å²) in [4.78, 5) is 0.104. The van der Waals surface area contributed by atoms with Crippen molar-refractivity contribution in [2.75, 3.05) is 13.7 Å². The highest BCUT2D eigenvalue weighted by atomic mass is 79.9. The van der Waals surface area contributed by atoms with E-state index in [2.05, 4.69) is 20.7 Å². The minimum atomic E-state index is -3.69. The van der Waals surface area contributed by atoms with Gasteiger partial charge < -0.3 is 9.84 Å². The minimum absolute atomic E-state index is 0.0806. The van der Waals surface area contributed by atoms with Gasteiger partial charge in [-0.2, -0.15) is 11.3 Å². The average molecular weight is 392 g/mol. The van der Waals surface area contributed by atoms with Gasteiger partial charge in [0.15, 0.2) is 0 Å². The highest BCUT2D eigenvalue weighted by Gasteiger charge is 2.18. The van der Waals surface area contributed by atoms with E-state index in [4.69, 9.17) is 4.74 Å². The molecule has 0 saturated carbocycles. The van der Waals surface area contributed by atoms with Crippen molar-refractivity contribution >= 4 is 37.3 Å². The lowest BCUT2D eigenvalue weighted by Crippen LogP contribution is -2.28. The average Bonchev–Trinajstić information content (AvgIpc) is 2.99. The Morgan fingerprint density at radius 3 is 2.76 bits per heavy atom. The Bertz CT molecular complexity index is 701. The van der Waals surface area contributed by atoms with Gasteiger partial charge in [-0.05, 0) is 56.5 Å². The third kappa shape index (κ3) is 4.04. The first-order valence-electron chi connectivity index (χ1n) is 5.97. The summed E-state index contributed by atoms with van der Waals surface area (Å²) in [6, 6.07) is 6.22. The van der Waals surface area contributed by atoms with Crippen molar-refractivity contribution in [2.45, 2.75) is 11.0 Å². The van der Waals surface area contributed by atoms with Gasteiger partial charge in [0.2, 0.25) is 10.0 Å². The Hall–Kier alpha value is -0.930. The second-order valence-electron chi connectivity index (χ2n) is 4.22. The van der Waals surface area contributed by atoms with Gasteiger partial charge >= 0.3 is 0 Å². The predicted octanol–water partition coefficient (Wildman–Crippen LogP) is 2.53. The van der Waals surface area contributed by atoms with Crippen molar-refractivity contribution < 1.29 is 18.3 Å². The van der Waals surface area contributed by atoms with Crippen LogP contribution < -0.4 is 9.46 Å². The molecule has 8 heteroatoms. The Labute approximate surface area is 135 Å². The second-order valence-corrected chi connectivity index (χ2v) is 7.62. The number of hydrogen-bond acceptors (Lipinski definition) is 5. The number of methoxy groups -OCH3 is 1. The fraction of sp³-hybridized carbons (Fsp3) is 0.231. The molecule has 2 aromatic rings. The largest absolute Gasteiger partial charge is 0.496 e. The zero-order chi connectivity index (χ0) is 15.5. The van der Waals surface area contributed by atoms with Crippen LogP contribution in [-0.2, 0) is 10.0 Å². The first-order chi connectivity index (χ1) is 9.94. The van der Waals surface area contributed by atoms with Crippen molar-refractivity contribution in [2.24, 2.45) is 0 Å². The molecule has 1 aromatic heterocycles. The van der Waals surface area contributed by atoms with Gasteiger partial charge in [0.25, 0.3) is 0 Å². The summed E-state index contributed by atoms with van der Waals surface area (Å²) in [6.45, 7) is -0.0806. The Kier molecular flexibility index (Phi) is 5.39. The fourth-order valence-electron chi connectivity index (χ4n) is 1.67. The van der Waals surface area contributed by atoms with Gasteiger partial charge in [-0.15, -0.1) is 0 Å². The van der Waals surface area contributed by atoms with E-state index in [1.807, 2.05) is 5.38 Å². The molecule has 0 saturated heterocycles. The lowest BCUT2D eigenvalue weighted by Gasteiger charge is -2.12. The van der Waals surface area contributed by atoms with E-state index >= 15 is 0 Å². The summed E-state index contributed by atoms with van der Waals surface area (Å²) >= 11 is 4.69. The lowest BCUT2D eigenvalue weighted by atomic mass is 10.2. The van der Waals surface area contributed by atoms with Crippen LogP contribution >= 0.6 is 27.3 Å². The van der Waals surface area contributed by atoms with Crippen LogP contribution in [-0.4, -0.2) is 27.2 Å². The molecule has 114 valence electrons. The number of benzene rings is 1. The van der Waals surface area contributed by atoms with Gasteiger partial charge in [0.1, 0.15) is 5.75 Å². The topological polar surface area (TPSA) is 75.6 Å². The monoisotopic (exact) mass is 391 g/mol. The number of aliphatic hydroxyl groups excluding tert-OH is 1. The third-order valence-corrected chi connectivity index (χ3v) is 5.57. The molecule has 1 atom stereocenters. The van der Waals surface area contributed by atoms with E-state index in [0.29, 0.717) is 15.8 Å². The van der Waals surface area contributed by atoms with Crippen LogP contribution in [0.1, 0.15) is 11.7 Å². The molecule has 0 amide bonds. The number of sulfonamides is 1. The van der Waals surface area contributed by atoms with Crippen LogP contribution in [0.15, 0.2) is 44.4 Å². The van der Waals surface area contributed by atoms with Crippen molar-refractivity contribution in [3.05, 3.63) is 45.1 Å². The molecule has 0 aliphatic carbocycles. The third-order valence-electron chi connectivity index (χ3n) is 2.83. The number of rotatable bonds is 6. The molecule has 0 aliphatic rings. The predicted molar refractivity (Wildman–Crippen MR) is 85.2 cm³/mol. The molecule has 1 aromatic carbocycles. The molecule has 1 heterocycles. The maximum atomic E-state index is 12.2. The van der Waals surface area contributed by atoms with Crippen molar-refractivity contribution in [3.8, 4) is 5.75 Å². The molecule has 0 fully saturated rings. The number of halogens is 1. The zero-order valence-electron chi connectivity index (χ0n) is 11.1. The normalized spacial score (nSPS) is 13.1. The summed E-state index contributed by atoms with van der Waals surface area (Å²) in [7, 11) is -2.18. The second kappa shape index (κ2) is 6.89. The quantitative estimate of drug-likeness (QED) is 0.792. The number of thiophene rings is 1. The van der Waals surface area contributed by atoms with Gasteiger partial charge in [-0.1, -0.05) is 0 Å². The lowest BCUT2D eigenvalue weighted by molar-refractivity contribution is 0.182. The van der Waals surface area contributed by atoms with Crippen LogP contribution in [0.4, 0.5) is 0 Å². The van der Waals surface area contributed by atoms with Gasteiger partial charge in [-0.3, -0.25) is 0 Å².